The van der Waals surface area contributed by atoms with Crippen LogP contribution in [0.1, 0.15) is 46.0 Å². The Kier molecular flexibility index (Phi) is 3.10. The van der Waals surface area contributed by atoms with Crippen LogP contribution in [0.4, 0.5) is 0 Å². The van der Waals surface area contributed by atoms with Gasteiger partial charge in [0.2, 0.25) is 0 Å². The molecule has 0 N–H and O–H groups in total. The van der Waals surface area contributed by atoms with Crippen LogP contribution in [0.3, 0.4) is 0 Å². The molecule has 0 aromatic carbocycles. The molecule has 0 aliphatic heterocycles. The molecule has 2 atom stereocenters. The van der Waals surface area contributed by atoms with Gasteiger partial charge < -0.3 is 0 Å². The number of carbonyl (C=O) groups excluding carboxylic acids is 1. The van der Waals surface area contributed by atoms with E-state index in [2.05, 4.69) is 13.8 Å². The van der Waals surface area contributed by atoms with Crippen LogP contribution in [0.25, 0.3) is 0 Å². The molecule has 1 nitrogen and oxygen atoms in total. The molecule has 0 unspecified atom stereocenters. The normalized spacial score (nSPS) is 33.5. The molecule has 1 aliphatic carbocycles. The molecule has 0 bridgehead atoms. The number of Topliss-reactive ketones (excluding diaryl/α,β-unsaturated/α-hetero) is 1. The van der Waals surface area contributed by atoms with E-state index in [1.165, 1.54) is 12.8 Å². The van der Waals surface area contributed by atoms with E-state index in [4.69, 9.17) is 0 Å². The van der Waals surface area contributed by atoms with E-state index in [9.17, 15) is 4.79 Å². The topological polar surface area (TPSA) is 17.1 Å². The van der Waals surface area contributed by atoms with Crippen LogP contribution in [0, 0.1) is 11.8 Å². The maximum absolute atomic E-state index is 11.5. The van der Waals surface area contributed by atoms with Crippen LogP contribution in [0.2, 0.25) is 0 Å². The van der Waals surface area contributed by atoms with Gasteiger partial charge in [-0.15, -0.1) is 0 Å². The zero-order chi connectivity index (χ0) is 8.27. The summed E-state index contributed by atoms with van der Waals surface area (Å²) in [5.41, 5.74) is 0. The third kappa shape index (κ3) is 2.05. The van der Waals surface area contributed by atoms with Gasteiger partial charge in [0.15, 0.2) is 0 Å². The molecule has 0 amide bonds. The molecule has 1 saturated carbocycles. The minimum atomic E-state index is 0.373. The summed E-state index contributed by atoms with van der Waals surface area (Å²) >= 11 is 0. The molecular weight excluding hydrogens is 136 g/mol. The van der Waals surface area contributed by atoms with Crippen molar-refractivity contribution in [1.82, 2.24) is 0 Å². The minimum absolute atomic E-state index is 0.373. The first-order valence-corrected chi connectivity index (χ1v) is 4.78. The van der Waals surface area contributed by atoms with Gasteiger partial charge in [-0.25, -0.2) is 0 Å². The molecule has 64 valence electrons. The highest BCUT2D eigenvalue weighted by molar-refractivity contribution is 5.81. The van der Waals surface area contributed by atoms with Gasteiger partial charge in [-0.05, 0) is 18.8 Å². The average Bonchev–Trinajstić information content (AvgIpc) is 2.12. The van der Waals surface area contributed by atoms with E-state index >= 15 is 0 Å². The standard InChI is InChI=1S/C10H18O/c1-3-9-8(2)6-4-5-7-10(9)11/h8-9H,3-7H2,1-2H3/t8-,9+/m0/s1. The summed E-state index contributed by atoms with van der Waals surface area (Å²) in [5, 5.41) is 0. The van der Waals surface area contributed by atoms with Crippen LogP contribution in [0.5, 0.6) is 0 Å². The second-order valence-corrected chi connectivity index (χ2v) is 3.70. The van der Waals surface area contributed by atoms with Gasteiger partial charge in [0.05, 0.1) is 0 Å². The smallest absolute Gasteiger partial charge is 0.136 e. The molecule has 0 spiro atoms. The highest BCUT2D eigenvalue weighted by Gasteiger charge is 2.24. The monoisotopic (exact) mass is 154 g/mol. The quantitative estimate of drug-likeness (QED) is 0.531. The van der Waals surface area contributed by atoms with Crippen molar-refractivity contribution in [3.05, 3.63) is 0 Å². The van der Waals surface area contributed by atoms with Crippen LogP contribution in [-0.4, -0.2) is 5.78 Å². The first-order chi connectivity index (χ1) is 5.25. The molecular formula is C10H18O. The Bertz CT molecular complexity index is 140. The van der Waals surface area contributed by atoms with Crippen LogP contribution in [-0.2, 0) is 4.79 Å². The van der Waals surface area contributed by atoms with Crippen LogP contribution >= 0.6 is 0 Å². The van der Waals surface area contributed by atoms with E-state index in [1.807, 2.05) is 0 Å². The molecule has 0 saturated heterocycles. The second kappa shape index (κ2) is 3.89. The molecule has 1 rings (SSSR count). The summed E-state index contributed by atoms with van der Waals surface area (Å²) in [4.78, 5) is 11.5. The van der Waals surface area contributed by atoms with Crippen LogP contribution < -0.4 is 0 Å². The number of ketones is 1. The van der Waals surface area contributed by atoms with Gasteiger partial charge in [0, 0.05) is 12.3 Å². The number of rotatable bonds is 1. The van der Waals surface area contributed by atoms with Gasteiger partial charge in [0.1, 0.15) is 5.78 Å². The van der Waals surface area contributed by atoms with Gasteiger partial charge in [-0.1, -0.05) is 26.7 Å². The Morgan fingerprint density at radius 1 is 1.45 bits per heavy atom. The Labute approximate surface area is 69.2 Å². The minimum Gasteiger partial charge on any atom is -0.299 e. The molecule has 11 heavy (non-hydrogen) atoms. The van der Waals surface area contributed by atoms with Crippen molar-refractivity contribution in [1.29, 1.82) is 0 Å². The molecule has 1 aliphatic rings. The Morgan fingerprint density at radius 3 is 2.82 bits per heavy atom. The fraction of sp³-hybridized carbons (Fsp3) is 0.900. The molecule has 0 aromatic rings. The predicted molar refractivity (Wildman–Crippen MR) is 46.4 cm³/mol. The van der Waals surface area contributed by atoms with E-state index in [1.54, 1.807) is 0 Å². The summed E-state index contributed by atoms with van der Waals surface area (Å²) in [7, 11) is 0. The van der Waals surface area contributed by atoms with E-state index in [0.717, 1.165) is 19.3 Å². The summed E-state index contributed by atoms with van der Waals surface area (Å²) in [6.07, 6.45) is 5.51. The van der Waals surface area contributed by atoms with Crippen molar-refractivity contribution in [3.63, 3.8) is 0 Å². The molecule has 0 aromatic heterocycles. The second-order valence-electron chi connectivity index (χ2n) is 3.70. The highest BCUT2D eigenvalue weighted by atomic mass is 16.1. The van der Waals surface area contributed by atoms with E-state index in [-0.39, 0.29) is 0 Å². The van der Waals surface area contributed by atoms with Crippen molar-refractivity contribution in [3.8, 4) is 0 Å². The number of hydrogen-bond acceptors (Lipinski definition) is 1. The lowest BCUT2D eigenvalue weighted by atomic mass is 9.87. The predicted octanol–water partition coefficient (Wildman–Crippen LogP) is 2.79. The Morgan fingerprint density at radius 2 is 2.18 bits per heavy atom. The summed E-state index contributed by atoms with van der Waals surface area (Å²) in [6, 6.07) is 0. The zero-order valence-electron chi connectivity index (χ0n) is 7.60. The SMILES string of the molecule is CC[C@H]1C(=O)CCCC[C@@H]1C. The van der Waals surface area contributed by atoms with Gasteiger partial charge >= 0.3 is 0 Å². The summed E-state index contributed by atoms with van der Waals surface area (Å²) < 4.78 is 0. The van der Waals surface area contributed by atoms with Crippen LogP contribution in [0.15, 0.2) is 0 Å². The maximum atomic E-state index is 11.5. The lowest BCUT2D eigenvalue weighted by Gasteiger charge is -2.17. The number of carbonyl (C=O) groups is 1. The zero-order valence-corrected chi connectivity index (χ0v) is 7.60. The third-order valence-corrected chi connectivity index (χ3v) is 2.87. The Hall–Kier alpha value is -0.330. The molecule has 0 radical (unpaired) electrons. The lowest BCUT2D eigenvalue weighted by molar-refractivity contribution is -0.123. The van der Waals surface area contributed by atoms with E-state index < -0.39 is 0 Å². The summed E-state index contributed by atoms with van der Waals surface area (Å²) in [6.45, 7) is 4.35. The van der Waals surface area contributed by atoms with Crippen molar-refractivity contribution in [2.24, 2.45) is 11.8 Å². The average molecular weight is 154 g/mol. The summed E-state index contributed by atoms with van der Waals surface area (Å²) in [5.74, 6) is 1.52. The van der Waals surface area contributed by atoms with Crippen molar-refractivity contribution in [2.75, 3.05) is 0 Å². The number of hydrogen-bond donors (Lipinski definition) is 0. The van der Waals surface area contributed by atoms with Gasteiger partial charge in [0.25, 0.3) is 0 Å². The first-order valence-electron chi connectivity index (χ1n) is 4.78. The highest BCUT2D eigenvalue weighted by Crippen LogP contribution is 2.27. The van der Waals surface area contributed by atoms with E-state index in [0.29, 0.717) is 17.6 Å². The third-order valence-electron chi connectivity index (χ3n) is 2.87. The molecule has 1 heteroatoms. The fourth-order valence-electron chi connectivity index (χ4n) is 2.10. The maximum Gasteiger partial charge on any atom is 0.136 e. The molecule has 0 heterocycles. The van der Waals surface area contributed by atoms with Crippen molar-refractivity contribution >= 4 is 5.78 Å². The van der Waals surface area contributed by atoms with Gasteiger partial charge in [-0.3, -0.25) is 4.79 Å². The molecule has 1 fully saturated rings. The Balaban J connectivity index is 2.58. The van der Waals surface area contributed by atoms with Crippen molar-refractivity contribution < 1.29 is 4.79 Å². The van der Waals surface area contributed by atoms with Gasteiger partial charge in [-0.2, -0.15) is 0 Å². The largest absolute Gasteiger partial charge is 0.299 e. The fourth-order valence-corrected chi connectivity index (χ4v) is 2.10. The first kappa shape index (κ1) is 8.76. The lowest BCUT2D eigenvalue weighted by Crippen LogP contribution is -2.18. The van der Waals surface area contributed by atoms with Crippen molar-refractivity contribution in [2.45, 2.75) is 46.0 Å².